The van der Waals surface area contributed by atoms with Crippen LogP contribution < -0.4 is 0 Å². The molecule has 0 atom stereocenters. The first-order valence-electron chi connectivity index (χ1n) is 9.08. The van der Waals surface area contributed by atoms with Crippen molar-refractivity contribution in [3.05, 3.63) is 101 Å². The SMILES string of the molecule is [C-]#[N+]c1ccc(-c2cc(-c3ccc(C#N)cc3)nc(-c3ccc(C#N)cc3)n2)cc1. The lowest BCUT2D eigenvalue weighted by molar-refractivity contribution is 1.18. The van der Waals surface area contributed by atoms with Crippen molar-refractivity contribution in [3.63, 3.8) is 0 Å². The van der Waals surface area contributed by atoms with Gasteiger partial charge in [-0.25, -0.2) is 14.8 Å². The molecule has 30 heavy (non-hydrogen) atoms. The fraction of sp³-hybridized carbons (Fsp3) is 0. The van der Waals surface area contributed by atoms with Gasteiger partial charge >= 0.3 is 0 Å². The molecule has 5 nitrogen and oxygen atoms in total. The number of aromatic nitrogens is 2. The van der Waals surface area contributed by atoms with E-state index in [1.807, 2.05) is 42.5 Å². The Morgan fingerprint density at radius 1 is 0.633 bits per heavy atom. The Morgan fingerprint density at radius 3 is 1.50 bits per heavy atom. The van der Waals surface area contributed by atoms with E-state index in [2.05, 4.69) is 17.0 Å². The molecule has 0 aliphatic heterocycles. The Bertz CT molecular complexity index is 1150. The molecule has 0 aliphatic carbocycles. The maximum Gasteiger partial charge on any atom is 0.187 e. The summed E-state index contributed by atoms with van der Waals surface area (Å²) in [7, 11) is 0. The first kappa shape index (κ1) is 18.6. The Hall–Kier alpha value is -4.79. The van der Waals surface area contributed by atoms with Crippen LogP contribution in [0.4, 0.5) is 5.69 Å². The molecule has 0 spiro atoms. The normalized spacial score (nSPS) is 9.90. The summed E-state index contributed by atoms with van der Waals surface area (Å²) < 4.78 is 0. The van der Waals surface area contributed by atoms with Crippen molar-refractivity contribution >= 4 is 5.69 Å². The Labute approximate surface area is 174 Å². The van der Waals surface area contributed by atoms with Gasteiger partial charge in [0.15, 0.2) is 11.5 Å². The first-order chi connectivity index (χ1) is 14.7. The fourth-order valence-electron chi connectivity index (χ4n) is 2.99. The van der Waals surface area contributed by atoms with Gasteiger partial charge in [-0.2, -0.15) is 10.5 Å². The standard InChI is InChI=1S/C25H13N5/c1-28-22-12-10-20(11-13-22)24-14-23(19-6-2-17(15-26)3-7-19)29-25(30-24)21-8-4-18(16-27)5-9-21/h2-14H. The Balaban J connectivity index is 1.87. The molecule has 0 fully saturated rings. The average molecular weight is 383 g/mol. The van der Waals surface area contributed by atoms with Crippen molar-refractivity contribution in [1.82, 2.24) is 9.97 Å². The molecule has 1 aromatic heterocycles. The van der Waals surface area contributed by atoms with Crippen molar-refractivity contribution in [2.75, 3.05) is 0 Å². The molecule has 0 bridgehead atoms. The van der Waals surface area contributed by atoms with Crippen molar-refractivity contribution in [2.24, 2.45) is 0 Å². The molecule has 0 radical (unpaired) electrons. The van der Waals surface area contributed by atoms with Crippen molar-refractivity contribution in [3.8, 4) is 46.0 Å². The fourth-order valence-corrected chi connectivity index (χ4v) is 2.99. The highest BCUT2D eigenvalue weighted by atomic mass is 14.9. The van der Waals surface area contributed by atoms with Crippen LogP contribution in [0.5, 0.6) is 0 Å². The third-order valence-corrected chi connectivity index (χ3v) is 4.60. The number of rotatable bonds is 3. The van der Waals surface area contributed by atoms with Crippen LogP contribution >= 0.6 is 0 Å². The van der Waals surface area contributed by atoms with Crippen molar-refractivity contribution in [1.29, 1.82) is 10.5 Å². The highest BCUT2D eigenvalue weighted by Gasteiger charge is 2.11. The summed E-state index contributed by atoms with van der Waals surface area (Å²) in [5, 5.41) is 18.1. The van der Waals surface area contributed by atoms with E-state index in [9.17, 15) is 0 Å². The second-order valence-electron chi connectivity index (χ2n) is 6.50. The van der Waals surface area contributed by atoms with Crippen LogP contribution in [0, 0.1) is 29.2 Å². The van der Waals surface area contributed by atoms with Gasteiger partial charge in [-0.3, -0.25) is 0 Å². The van der Waals surface area contributed by atoms with Crippen LogP contribution in [-0.2, 0) is 0 Å². The predicted molar refractivity (Wildman–Crippen MR) is 114 cm³/mol. The van der Waals surface area contributed by atoms with E-state index >= 15 is 0 Å². The minimum absolute atomic E-state index is 0.533. The van der Waals surface area contributed by atoms with E-state index in [1.54, 1.807) is 36.4 Å². The smallest absolute Gasteiger partial charge is 0.187 e. The van der Waals surface area contributed by atoms with E-state index in [0.29, 0.717) is 22.6 Å². The summed E-state index contributed by atoms with van der Waals surface area (Å²) in [6.45, 7) is 7.13. The van der Waals surface area contributed by atoms with Crippen molar-refractivity contribution in [2.45, 2.75) is 0 Å². The third-order valence-electron chi connectivity index (χ3n) is 4.60. The predicted octanol–water partition coefficient (Wildman–Crippen LogP) is 5.77. The maximum absolute atomic E-state index is 9.05. The molecule has 4 aromatic rings. The Morgan fingerprint density at radius 2 is 1.07 bits per heavy atom. The molecule has 0 unspecified atom stereocenters. The maximum atomic E-state index is 9.05. The van der Waals surface area contributed by atoms with E-state index in [0.717, 1.165) is 28.1 Å². The van der Waals surface area contributed by atoms with Crippen LogP contribution in [0.15, 0.2) is 78.9 Å². The quantitative estimate of drug-likeness (QED) is 0.421. The van der Waals surface area contributed by atoms with Gasteiger partial charge in [0.05, 0.1) is 41.2 Å². The van der Waals surface area contributed by atoms with E-state index in [-0.39, 0.29) is 0 Å². The molecule has 5 heteroatoms. The summed E-state index contributed by atoms with van der Waals surface area (Å²) in [5.74, 6) is 0.533. The molecule has 0 saturated carbocycles. The van der Waals surface area contributed by atoms with Crippen LogP contribution in [0.2, 0.25) is 0 Å². The third kappa shape index (κ3) is 3.76. The summed E-state index contributed by atoms with van der Waals surface area (Å²) in [6.07, 6.45) is 0. The highest BCUT2D eigenvalue weighted by Crippen LogP contribution is 2.28. The average Bonchev–Trinajstić information content (AvgIpc) is 2.84. The second kappa shape index (κ2) is 8.07. The molecule has 0 saturated heterocycles. The van der Waals surface area contributed by atoms with Gasteiger partial charge in [0.2, 0.25) is 0 Å². The Kier molecular flexibility index (Phi) is 4.99. The van der Waals surface area contributed by atoms with Crippen LogP contribution in [-0.4, -0.2) is 9.97 Å². The number of hydrogen-bond donors (Lipinski definition) is 0. The number of hydrogen-bond acceptors (Lipinski definition) is 4. The molecule has 138 valence electrons. The molecule has 1 heterocycles. The van der Waals surface area contributed by atoms with Gasteiger partial charge in [-0.05, 0) is 48.0 Å². The molecule has 0 aliphatic rings. The summed E-state index contributed by atoms with van der Waals surface area (Å²) in [6, 6.07) is 27.7. The first-order valence-corrected chi connectivity index (χ1v) is 9.08. The molecule has 4 rings (SSSR count). The monoisotopic (exact) mass is 383 g/mol. The molecule has 0 amide bonds. The minimum Gasteiger partial charge on any atom is -0.238 e. The van der Waals surface area contributed by atoms with E-state index < -0.39 is 0 Å². The van der Waals surface area contributed by atoms with E-state index in [4.69, 9.17) is 27.1 Å². The lowest BCUT2D eigenvalue weighted by atomic mass is 10.0. The second-order valence-corrected chi connectivity index (χ2v) is 6.50. The van der Waals surface area contributed by atoms with Gasteiger partial charge in [0.25, 0.3) is 0 Å². The van der Waals surface area contributed by atoms with Gasteiger partial charge in [0.1, 0.15) is 0 Å². The lowest BCUT2D eigenvalue weighted by Gasteiger charge is -2.09. The lowest BCUT2D eigenvalue weighted by Crippen LogP contribution is -1.96. The minimum atomic E-state index is 0.533. The summed E-state index contributed by atoms with van der Waals surface area (Å²) in [5.41, 5.74) is 5.68. The zero-order valence-electron chi connectivity index (χ0n) is 15.7. The van der Waals surface area contributed by atoms with Gasteiger partial charge in [0, 0.05) is 11.1 Å². The number of nitrogens with zero attached hydrogens (tertiary/aromatic N) is 5. The largest absolute Gasteiger partial charge is 0.238 e. The molecular formula is C25H13N5. The molecular weight excluding hydrogens is 370 g/mol. The van der Waals surface area contributed by atoms with Gasteiger partial charge in [-0.1, -0.05) is 36.4 Å². The summed E-state index contributed by atoms with van der Waals surface area (Å²) in [4.78, 5) is 12.9. The summed E-state index contributed by atoms with van der Waals surface area (Å²) >= 11 is 0. The van der Waals surface area contributed by atoms with Crippen LogP contribution in [0.25, 0.3) is 38.7 Å². The molecule has 0 N–H and O–H groups in total. The van der Waals surface area contributed by atoms with Gasteiger partial charge < -0.3 is 0 Å². The van der Waals surface area contributed by atoms with Crippen molar-refractivity contribution < 1.29 is 0 Å². The van der Waals surface area contributed by atoms with Gasteiger partial charge in [-0.15, -0.1) is 0 Å². The highest BCUT2D eigenvalue weighted by molar-refractivity contribution is 5.73. The zero-order valence-corrected chi connectivity index (χ0v) is 15.7. The topological polar surface area (TPSA) is 77.7 Å². The zero-order chi connectivity index (χ0) is 20.9. The van der Waals surface area contributed by atoms with Crippen LogP contribution in [0.1, 0.15) is 11.1 Å². The van der Waals surface area contributed by atoms with E-state index in [1.165, 1.54) is 0 Å². The molecule has 3 aromatic carbocycles. The number of benzene rings is 3. The van der Waals surface area contributed by atoms with Crippen LogP contribution in [0.3, 0.4) is 0 Å². The number of nitriles is 2.